The highest BCUT2D eigenvalue weighted by molar-refractivity contribution is 5.54. The van der Waals surface area contributed by atoms with Gasteiger partial charge in [-0.25, -0.2) is 4.39 Å². The second-order valence-electron chi connectivity index (χ2n) is 3.89. The van der Waals surface area contributed by atoms with Gasteiger partial charge in [-0.05, 0) is 18.6 Å². The van der Waals surface area contributed by atoms with Gasteiger partial charge in [0.15, 0.2) is 0 Å². The number of hydrogen-bond donors (Lipinski definition) is 1. The molecule has 2 N–H and O–H groups in total. The Hall–Kier alpha value is -1.13. The van der Waals surface area contributed by atoms with Gasteiger partial charge in [-0.3, -0.25) is 0 Å². The molecule has 0 radical (unpaired) electrons. The van der Waals surface area contributed by atoms with Crippen molar-refractivity contribution < 1.29 is 9.13 Å². The lowest BCUT2D eigenvalue weighted by Crippen LogP contribution is -2.27. The summed E-state index contributed by atoms with van der Waals surface area (Å²) in [5.41, 5.74) is 7.11. The molecule has 1 aromatic rings. The third-order valence-corrected chi connectivity index (χ3v) is 2.86. The summed E-state index contributed by atoms with van der Waals surface area (Å²) in [5.74, 6) is -0.217. The molecule has 1 fully saturated rings. The number of ether oxygens (including phenoxy) is 1. The van der Waals surface area contributed by atoms with Crippen LogP contribution in [0.25, 0.3) is 0 Å². The monoisotopic (exact) mass is 224 g/mol. The normalized spacial score (nSPS) is 17.2. The number of anilines is 1. The molecule has 1 saturated heterocycles. The van der Waals surface area contributed by atoms with Crippen LogP contribution < -0.4 is 10.6 Å². The van der Waals surface area contributed by atoms with E-state index in [2.05, 4.69) is 4.90 Å². The first-order chi connectivity index (χ1) is 7.83. The molecule has 0 bridgehead atoms. The van der Waals surface area contributed by atoms with Crippen LogP contribution >= 0.6 is 0 Å². The van der Waals surface area contributed by atoms with E-state index < -0.39 is 0 Å². The summed E-state index contributed by atoms with van der Waals surface area (Å²) in [6.45, 7) is 3.41. The fraction of sp³-hybridized carbons (Fsp3) is 0.500. The highest BCUT2D eigenvalue weighted by Crippen LogP contribution is 2.23. The molecule has 1 aliphatic rings. The Balaban J connectivity index is 2.27. The lowest BCUT2D eigenvalue weighted by molar-refractivity contribution is 0.152. The Morgan fingerprint density at radius 1 is 1.31 bits per heavy atom. The zero-order valence-corrected chi connectivity index (χ0v) is 9.29. The minimum absolute atomic E-state index is 0.217. The van der Waals surface area contributed by atoms with Crippen molar-refractivity contribution in [2.75, 3.05) is 31.2 Å². The maximum Gasteiger partial charge on any atom is 0.129 e. The summed E-state index contributed by atoms with van der Waals surface area (Å²) in [6.07, 6.45) is 0.973. The number of nitrogens with two attached hydrogens (primary N) is 1. The summed E-state index contributed by atoms with van der Waals surface area (Å²) in [5, 5.41) is 0. The van der Waals surface area contributed by atoms with E-state index in [1.165, 1.54) is 6.07 Å². The van der Waals surface area contributed by atoms with Crippen molar-refractivity contribution in [2.45, 2.75) is 13.0 Å². The van der Waals surface area contributed by atoms with E-state index in [0.717, 1.165) is 31.8 Å². The zero-order valence-electron chi connectivity index (χ0n) is 9.29. The first-order valence-corrected chi connectivity index (χ1v) is 5.63. The van der Waals surface area contributed by atoms with Crippen molar-refractivity contribution in [1.82, 2.24) is 0 Å². The topological polar surface area (TPSA) is 38.5 Å². The van der Waals surface area contributed by atoms with Crippen LogP contribution in [0, 0.1) is 5.82 Å². The van der Waals surface area contributed by atoms with Crippen LogP contribution in [0.1, 0.15) is 12.0 Å². The van der Waals surface area contributed by atoms with Crippen LogP contribution in [-0.2, 0) is 11.3 Å². The largest absolute Gasteiger partial charge is 0.380 e. The highest BCUT2D eigenvalue weighted by atomic mass is 19.1. The van der Waals surface area contributed by atoms with Gasteiger partial charge in [-0.15, -0.1) is 0 Å². The summed E-state index contributed by atoms with van der Waals surface area (Å²) in [4.78, 5) is 2.15. The molecule has 0 saturated carbocycles. The second kappa shape index (κ2) is 5.27. The van der Waals surface area contributed by atoms with Crippen LogP contribution in [0.4, 0.5) is 10.1 Å². The quantitative estimate of drug-likeness (QED) is 0.827. The molecule has 0 unspecified atom stereocenters. The van der Waals surface area contributed by atoms with Crippen molar-refractivity contribution in [3.05, 3.63) is 29.6 Å². The van der Waals surface area contributed by atoms with Crippen molar-refractivity contribution in [2.24, 2.45) is 5.73 Å². The molecule has 0 spiro atoms. The van der Waals surface area contributed by atoms with Crippen molar-refractivity contribution in [3.8, 4) is 0 Å². The first kappa shape index (κ1) is 11.4. The fourth-order valence-electron chi connectivity index (χ4n) is 2.03. The number of hydrogen-bond acceptors (Lipinski definition) is 3. The maximum atomic E-state index is 13.6. The van der Waals surface area contributed by atoms with E-state index in [1.54, 1.807) is 6.07 Å². The van der Waals surface area contributed by atoms with Crippen LogP contribution in [0.5, 0.6) is 0 Å². The molecule has 1 heterocycles. The van der Waals surface area contributed by atoms with E-state index >= 15 is 0 Å². The standard InChI is InChI=1S/C12H17FN2O/c13-11-3-1-4-12(10(11)9-14)15-5-2-7-16-8-6-15/h1,3-4H,2,5-9,14H2. The van der Waals surface area contributed by atoms with Crippen LogP contribution in [-0.4, -0.2) is 26.3 Å². The molecule has 88 valence electrons. The third kappa shape index (κ3) is 2.33. The van der Waals surface area contributed by atoms with E-state index in [4.69, 9.17) is 10.5 Å². The van der Waals surface area contributed by atoms with Crippen LogP contribution in [0.15, 0.2) is 18.2 Å². The highest BCUT2D eigenvalue weighted by Gasteiger charge is 2.15. The fourth-order valence-corrected chi connectivity index (χ4v) is 2.03. The van der Waals surface area contributed by atoms with Gasteiger partial charge in [0, 0.05) is 37.5 Å². The molecule has 2 rings (SSSR count). The summed E-state index contributed by atoms with van der Waals surface area (Å²) < 4.78 is 19.0. The molecular formula is C12H17FN2O. The Morgan fingerprint density at radius 2 is 2.19 bits per heavy atom. The number of benzene rings is 1. The van der Waals surface area contributed by atoms with Gasteiger partial charge in [0.25, 0.3) is 0 Å². The summed E-state index contributed by atoms with van der Waals surface area (Å²) in [7, 11) is 0. The molecule has 4 heteroatoms. The van der Waals surface area contributed by atoms with Crippen LogP contribution in [0.3, 0.4) is 0 Å². The molecule has 1 aliphatic heterocycles. The van der Waals surface area contributed by atoms with Gasteiger partial charge in [0.05, 0.1) is 6.61 Å². The van der Waals surface area contributed by atoms with Crippen molar-refractivity contribution in [1.29, 1.82) is 0 Å². The number of nitrogens with zero attached hydrogens (tertiary/aromatic N) is 1. The average Bonchev–Trinajstić information content (AvgIpc) is 2.57. The molecular weight excluding hydrogens is 207 g/mol. The SMILES string of the molecule is NCc1c(F)cccc1N1CCCOCC1. The number of halogens is 1. The Morgan fingerprint density at radius 3 is 3.00 bits per heavy atom. The molecule has 3 nitrogen and oxygen atoms in total. The van der Waals surface area contributed by atoms with E-state index in [-0.39, 0.29) is 12.4 Å². The Bertz CT molecular complexity index is 349. The minimum atomic E-state index is -0.217. The van der Waals surface area contributed by atoms with Gasteiger partial charge in [0.2, 0.25) is 0 Å². The van der Waals surface area contributed by atoms with Crippen molar-refractivity contribution >= 4 is 5.69 Å². The Labute approximate surface area is 95.0 Å². The molecule has 0 aromatic heterocycles. The van der Waals surface area contributed by atoms with Gasteiger partial charge >= 0.3 is 0 Å². The first-order valence-electron chi connectivity index (χ1n) is 5.63. The van der Waals surface area contributed by atoms with Gasteiger partial charge in [-0.1, -0.05) is 6.07 Å². The van der Waals surface area contributed by atoms with Crippen molar-refractivity contribution in [3.63, 3.8) is 0 Å². The molecule has 16 heavy (non-hydrogen) atoms. The number of rotatable bonds is 2. The van der Waals surface area contributed by atoms with E-state index in [1.807, 2.05) is 6.07 Å². The second-order valence-corrected chi connectivity index (χ2v) is 3.89. The maximum absolute atomic E-state index is 13.6. The molecule has 0 atom stereocenters. The minimum Gasteiger partial charge on any atom is -0.380 e. The lowest BCUT2D eigenvalue weighted by atomic mass is 10.1. The van der Waals surface area contributed by atoms with E-state index in [9.17, 15) is 4.39 Å². The Kier molecular flexibility index (Phi) is 3.74. The zero-order chi connectivity index (χ0) is 11.4. The van der Waals surface area contributed by atoms with E-state index in [0.29, 0.717) is 12.2 Å². The summed E-state index contributed by atoms with van der Waals surface area (Å²) in [6, 6.07) is 5.12. The molecule has 0 aliphatic carbocycles. The van der Waals surface area contributed by atoms with Gasteiger partial charge in [-0.2, -0.15) is 0 Å². The van der Waals surface area contributed by atoms with Gasteiger partial charge in [0.1, 0.15) is 5.82 Å². The summed E-state index contributed by atoms with van der Waals surface area (Å²) >= 11 is 0. The molecule has 0 amide bonds. The lowest BCUT2D eigenvalue weighted by Gasteiger charge is -2.24. The average molecular weight is 224 g/mol. The smallest absolute Gasteiger partial charge is 0.129 e. The predicted octanol–water partition coefficient (Wildman–Crippen LogP) is 1.51. The predicted molar refractivity (Wildman–Crippen MR) is 61.9 cm³/mol. The molecule has 1 aromatic carbocycles. The third-order valence-electron chi connectivity index (χ3n) is 2.86. The van der Waals surface area contributed by atoms with Gasteiger partial charge < -0.3 is 15.4 Å². The van der Waals surface area contributed by atoms with Crippen LogP contribution in [0.2, 0.25) is 0 Å².